The first-order valence-corrected chi connectivity index (χ1v) is 6.82. The molecule has 2 rings (SSSR count). The Morgan fingerprint density at radius 1 is 1.00 bits per heavy atom. The van der Waals surface area contributed by atoms with Gasteiger partial charge in [0, 0.05) is 12.2 Å². The topological polar surface area (TPSA) is 68.3 Å². The van der Waals surface area contributed by atoms with Gasteiger partial charge in [-0.25, -0.2) is 9.97 Å². The van der Waals surface area contributed by atoms with Crippen LogP contribution in [0.2, 0.25) is 0 Å². The highest BCUT2D eigenvalue weighted by atomic mass is 16.5. The van der Waals surface area contributed by atoms with Crippen LogP contribution in [0.15, 0.2) is 30.6 Å². The zero-order chi connectivity index (χ0) is 15.1. The van der Waals surface area contributed by atoms with Gasteiger partial charge in [0.2, 0.25) is 5.75 Å². The summed E-state index contributed by atoms with van der Waals surface area (Å²) < 4.78 is 10.6. The van der Waals surface area contributed by atoms with E-state index in [4.69, 9.17) is 9.47 Å². The lowest BCUT2D eigenvalue weighted by Crippen LogP contribution is -2.07. The summed E-state index contributed by atoms with van der Waals surface area (Å²) in [5, 5.41) is 6.44. The molecule has 2 aromatic rings. The van der Waals surface area contributed by atoms with Gasteiger partial charge in [-0.3, -0.25) is 0 Å². The molecule has 6 nitrogen and oxygen atoms in total. The van der Waals surface area contributed by atoms with Gasteiger partial charge in [0.15, 0.2) is 11.6 Å². The molecule has 0 spiro atoms. The molecule has 6 heteroatoms. The van der Waals surface area contributed by atoms with Crippen LogP contribution in [0.25, 0.3) is 0 Å². The molecule has 0 unspecified atom stereocenters. The third kappa shape index (κ3) is 3.75. The number of aromatic nitrogens is 2. The minimum absolute atomic E-state index is 0.599. The molecule has 0 aliphatic carbocycles. The highest BCUT2D eigenvalue weighted by Crippen LogP contribution is 2.31. The Hall–Kier alpha value is -2.50. The minimum Gasteiger partial charge on any atom is -0.497 e. The monoisotopic (exact) mass is 288 g/mol. The molecule has 0 bridgehead atoms. The summed E-state index contributed by atoms with van der Waals surface area (Å²) in [6.45, 7) is 2.92. The van der Waals surface area contributed by atoms with Crippen LogP contribution in [0.1, 0.15) is 13.3 Å². The van der Waals surface area contributed by atoms with Crippen molar-refractivity contribution in [3.63, 3.8) is 0 Å². The van der Waals surface area contributed by atoms with E-state index < -0.39 is 0 Å². The molecule has 0 saturated heterocycles. The first kappa shape index (κ1) is 14.9. The number of hydrogen-bond acceptors (Lipinski definition) is 6. The average Bonchev–Trinajstić information content (AvgIpc) is 2.53. The standard InChI is InChI=1S/C15H20N4O2/c1-4-9-16-14-13(21-3)15(18-10-17-14)19-11-5-7-12(20-2)8-6-11/h5-8,10H,4,9H2,1-3H3,(H2,16,17,18,19). The van der Waals surface area contributed by atoms with Gasteiger partial charge >= 0.3 is 0 Å². The second-order valence-corrected chi connectivity index (χ2v) is 4.38. The fourth-order valence-electron chi connectivity index (χ4n) is 1.84. The highest BCUT2D eigenvalue weighted by molar-refractivity contribution is 5.69. The van der Waals surface area contributed by atoms with Crippen LogP contribution in [0.4, 0.5) is 17.3 Å². The second kappa shape index (κ2) is 7.33. The van der Waals surface area contributed by atoms with Gasteiger partial charge in [0.1, 0.15) is 12.1 Å². The molecule has 0 fully saturated rings. The van der Waals surface area contributed by atoms with E-state index in [1.54, 1.807) is 14.2 Å². The largest absolute Gasteiger partial charge is 0.497 e. The van der Waals surface area contributed by atoms with Crippen molar-refractivity contribution in [3.8, 4) is 11.5 Å². The van der Waals surface area contributed by atoms with Crippen LogP contribution < -0.4 is 20.1 Å². The van der Waals surface area contributed by atoms with Crippen LogP contribution >= 0.6 is 0 Å². The van der Waals surface area contributed by atoms with Crippen LogP contribution in [0.3, 0.4) is 0 Å². The summed E-state index contributed by atoms with van der Waals surface area (Å²) in [5.74, 6) is 2.71. The van der Waals surface area contributed by atoms with E-state index in [-0.39, 0.29) is 0 Å². The zero-order valence-corrected chi connectivity index (χ0v) is 12.5. The Kier molecular flexibility index (Phi) is 5.20. The number of anilines is 3. The molecule has 0 radical (unpaired) electrons. The lowest BCUT2D eigenvalue weighted by molar-refractivity contribution is 0.414. The molecular formula is C15H20N4O2. The lowest BCUT2D eigenvalue weighted by Gasteiger charge is -2.14. The average molecular weight is 288 g/mol. The van der Waals surface area contributed by atoms with Crippen molar-refractivity contribution in [2.24, 2.45) is 0 Å². The second-order valence-electron chi connectivity index (χ2n) is 4.38. The van der Waals surface area contributed by atoms with Gasteiger partial charge < -0.3 is 20.1 Å². The molecule has 21 heavy (non-hydrogen) atoms. The predicted molar refractivity (Wildman–Crippen MR) is 83.6 cm³/mol. The van der Waals surface area contributed by atoms with Gasteiger partial charge in [-0.2, -0.15) is 0 Å². The van der Waals surface area contributed by atoms with Gasteiger partial charge in [0.25, 0.3) is 0 Å². The quantitative estimate of drug-likeness (QED) is 0.816. The van der Waals surface area contributed by atoms with Crippen molar-refractivity contribution in [2.45, 2.75) is 13.3 Å². The molecule has 2 N–H and O–H groups in total. The predicted octanol–water partition coefficient (Wildman–Crippen LogP) is 3.06. The zero-order valence-electron chi connectivity index (χ0n) is 12.5. The third-order valence-electron chi connectivity index (χ3n) is 2.90. The first-order valence-electron chi connectivity index (χ1n) is 6.82. The fraction of sp³-hybridized carbons (Fsp3) is 0.333. The Bertz CT molecular complexity index is 572. The SMILES string of the molecule is CCCNc1ncnc(Nc2ccc(OC)cc2)c1OC. The van der Waals surface area contributed by atoms with Crippen molar-refractivity contribution < 1.29 is 9.47 Å². The summed E-state index contributed by atoms with van der Waals surface area (Å²) in [5.41, 5.74) is 0.897. The summed E-state index contributed by atoms with van der Waals surface area (Å²) >= 11 is 0. The van der Waals surface area contributed by atoms with E-state index >= 15 is 0 Å². The number of benzene rings is 1. The molecule has 0 saturated carbocycles. The summed E-state index contributed by atoms with van der Waals surface area (Å²) in [6, 6.07) is 7.59. The first-order chi connectivity index (χ1) is 10.3. The molecule has 0 aliphatic rings. The van der Waals surface area contributed by atoms with Gasteiger partial charge in [-0.15, -0.1) is 0 Å². The van der Waals surface area contributed by atoms with Crippen LogP contribution in [0.5, 0.6) is 11.5 Å². The maximum atomic E-state index is 5.42. The third-order valence-corrected chi connectivity index (χ3v) is 2.90. The van der Waals surface area contributed by atoms with Crippen LogP contribution in [-0.4, -0.2) is 30.7 Å². The van der Waals surface area contributed by atoms with Crippen LogP contribution in [-0.2, 0) is 0 Å². The Morgan fingerprint density at radius 2 is 1.71 bits per heavy atom. The van der Waals surface area contributed by atoms with E-state index in [1.165, 1.54) is 6.33 Å². The molecule has 112 valence electrons. The van der Waals surface area contributed by atoms with E-state index in [0.29, 0.717) is 17.4 Å². The molecule has 0 atom stereocenters. The van der Waals surface area contributed by atoms with Crippen molar-refractivity contribution in [1.29, 1.82) is 0 Å². The van der Waals surface area contributed by atoms with Crippen molar-refractivity contribution in [3.05, 3.63) is 30.6 Å². The minimum atomic E-state index is 0.599. The molecule has 1 aromatic carbocycles. The van der Waals surface area contributed by atoms with E-state index in [2.05, 4.69) is 27.5 Å². The fourth-order valence-corrected chi connectivity index (χ4v) is 1.84. The van der Waals surface area contributed by atoms with Crippen molar-refractivity contribution in [2.75, 3.05) is 31.4 Å². The van der Waals surface area contributed by atoms with Crippen LogP contribution in [0, 0.1) is 0 Å². The van der Waals surface area contributed by atoms with Crippen molar-refractivity contribution >= 4 is 17.3 Å². The number of nitrogens with one attached hydrogen (secondary N) is 2. The number of ether oxygens (including phenoxy) is 2. The summed E-state index contributed by atoms with van der Waals surface area (Å²) in [7, 11) is 3.25. The highest BCUT2D eigenvalue weighted by Gasteiger charge is 2.11. The Labute approximate surface area is 124 Å². The molecule has 0 amide bonds. The molecule has 0 aliphatic heterocycles. The smallest absolute Gasteiger partial charge is 0.204 e. The Balaban J connectivity index is 2.21. The van der Waals surface area contributed by atoms with Gasteiger partial charge in [-0.05, 0) is 30.7 Å². The van der Waals surface area contributed by atoms with E-state index in [0.717, 1.165) is 24.4 Å². The number of rotatable bonds is 7. The van der Waals surface area contributed by atoms with E-state index in [1.807, 2.05) is 24.3 Å². The number of hydrogen-bond donors (Lipinski definition) is 2. The maximum absolute atomic E-state index is 5.42. The number of nitrogens with zero attached hydrogens (tertiary/aromatic N) is 2. The lowest BCUT2D eigenvalue weighted by atomic mass is 10.3. The number of methoxy groups -OCH3 is 2. The van der Waals surface area contributed by atoms with Gasteiger partial charge in [0.05, 0.1) is 14.2 Å². The Morgan fingerprint density at radius 3 is 2.33 bits per heavy atom. The molecule has 1 heterocycles. The maximum Gasteiger partial charge on any atom is 0.204 e. The summed E-state index contributed by atoms with van der Waals surface area (Å²) in [4.78, 5) is 8.45. The normalized spacial score (nSPS) is 10.0. The molecular weight excluding hydrogens is 268 g/mol. The molecule has 1 aromatic heterocycles. The van der Waals surface area contributed by atoms with Crippen molar-refractivity contribution in [1.82, 2.24) is 9.97 Å². The van der Waals surface area contributed by atoms with Gasteiger partial charge in [-0.1, -0.05) is 6.92 Å². The van der Waals surface area contributed by atoms with E-state index in [9.17, 15) is 0 Å². The summed E-state index contributed by atoms with van der Waals surface area (Å²) in [6.07, 6.45) is 2.51.